The molecule has 3 heterocycles. The van der Waals surface area contributed by atoms with Gasteiger partial charge in [0.05, 0.1) is 11.2 Å². The minimum Gasteiger partial charge on any atom is -0.247 e. The molecule has 0 radical (unpaired) electrons. The van der Waals surface area contributed by atoms with Crippen LogP contribution in [-0.4, -0.2) is 25.2 Å². The lowest BCUT2D eigenvalue weighted by molar-refractivity contribution is 0.894. The van der Waals surface area contributed by atoms with E-state index >= 15 is 0 Å². The first kappa shape index (κ1) is 37.1. The maximum Gasteiger partial charge on any atom is 0.164 e. The fraction of sp³-hybridized carbons (Fsp3) is 0.0345. The summed E-state index contributed by atoms with van der Waals surface area (Å²) in [4.78, 5) is 21.2. The Bertz CT molecular complexity index is 3330. The molecule has 0 spiro atoms. The second kappa shape index (κ2) is 15.6. The van der Waals surface area contributed by atoms with E-state index in [4.69, 9.17) is 19.9 Å². The minimum absolute atomic E-state index is 0.264. The highest BCUT2D eigenvalue weighted by atomic mass is 32.2. The predicted molar refractivity (Wildman–Crippen MR) is 261 cm³/mol. The van der Waals surface area contributed by atoms with Crippen molar-refractivity contribution >= 4 is 39.0 Å². The van der Waals surface area contributed by atoms with Gasteiger partial charge in [-0.05, 0) is 56.5 Å². The molecule has 0 amide bonds. The van der Waals surface area contributed by atoms with Crippen molar-refractivity contribution in [2.75, 3.05) is 0 Å². The Morgan fingerprint density at radius 3 is 1.38 bits per heavy atom. The number of aromatic nitrogens is 4. The smallest absolute Gasteiger partial charge is 0.164 e. The summed E-state index contributed by atoms with van der Waals surface area (Å²) in [6.07, 6.45) is 7.23. The van der Waals surface area contributed by atoms with Gasteiger partial charge in [-0.15, -0.1) is 11.8 Å². The summed E-state index contributed by atoms with van der Waals surface area (Å²) in [7, 11) is 0. The second-order valence-electron chi connectivity index (χ2n) is 16.1. The molecule has 1 aliphatic carbocycles. The topological polar surface area (TPSA) is 51.6 Å². The van der Waals surface area contributed by atoms with Gasteiger partial charge in [0.25, 0.3) is 0 Å². The van der Waals surface area contributed by atoms with Crippen LogP contribution in [0.15, 0.2) is 223 Å². The van der Waals surface area contributed by atoms with Crippen LogP contribution in [0.1, 0.15) is 17.0 Å². The van der Waals surface area contributed by atoms with E-state index in [2.05, 4.69) is 158 Å². The molecule has 2 aliphatic rings. The number of allylic oxidation sites excluding steroid dienone is 3. The van der Waals surface area contributed by atoms with E-state index in [0.29, 0.717) is 22.7 Å². The number of fused-ring (bicyclic) bond motifs is 7. The average molecular weight is 823 g/mol. The quantitative estimate of drug-likeness (QED) is 0.150. The Labute approximate surface area is 370 Å². The highest BCUT2D eigenvalue weighted by molar-refractivity contribution is 8.00. The van der Waals surface area contributed by atoms with Gasteiger partial charge in [-0.2, -0.15) is 0 Å². The summed E-state index contributed by atoms with van der Waals surface area (Å²) in [5, 5.41) is 4.12. The molecule has 5 heteroatoms. The Balaban J connectivity index is 0.811. The van der Waals surface area contributed by atoms with Crippen molar-refractivity contribution in [3.63, 3.8) is 0 Å². The molecular weight excluding hydrogens is 785 g/mol. The highest BCUT2D eigenvalue weighted by Gasteiger charge is 2.35. The molecule has 2 unspecified atom stereocenters. The second-order valence-corrected chi connectivity index (χ2v) is 17.3. The molecule has 0 bridgehead atoms. The zero-order chi connectivity index (χ0) is 41.7. The molecule has 4 nitrogen and oxygen atoms in total. The Hall–Kier alpha value is -7.73. The number of para-hydroxylation sites is 1. The van der Waals surface area contributed by atoms with Crippen molar-refractivity contribution in [1.29, 1.82) is 0 Å². The summed E-state index contributed by atoms with van der Waals surface area (Å²) in [5.74, 6) is 2.23. The van der Waals surface area contributed by atoms with Gasteiger partial charge in [0, 0.05) is 49.1 Å². The van der Waals surface area contributed by atoms with E-state index in [-0.39, 0.29) is 5.92 Å². The number of nitrogens with zero attached hydrogens (tertiary/aromatic N) is 4. The van der Waals surface area contributed by atoms with E-state index in [1.807, 2.05) is 72.4 Å². The molecule has 0 saturated heterocycles. The average Bonchev–Trinajstić information content (AvgIpc) is 3.75. The van der Waals surface area contributed by atoms with E-state index in [1.54, 1.807) is 0 Å². The fourth-order valence-electron chi connectivity index (χ4n) is 9.12. The standard InChI is InChI=1S/C58H38N4S/c1-4-12-42(13-5-1)55-48-33-35-52-54(53(48)47-18-10-11-19-50(47)59-55)49-36-46(32-34-51(49)63-52)41-26-24-39(25-27-41)37-20-22-38(23-21-37)40-28-30-45(31-29-40)58-61-56(43-14-6-2-7-15-43)60-57(62-58)44-16-8-3-9-17-44/h1-36,49,51H. The summed E-state index contributed by atoms with van der Waals surface area (Å²) in [6, 6.07) is 70.4. The number of hydrogen-bond donors (Lipinski definition) is 0. The van der Waals surface area contributed by atoms with Crippen molar-refractivity contribution in [3.8, 4) is 67.7 Å². The van der Waals surface area contributed by atoms with Crippen LogP contribution in [0.4, 0.5) is 0 Å². The first-order valence-corrected chi connectivity index (χ1v) is 22.2. The third-order valence-electron chi connectivity index (χ3n) is 12.3. The van der Waals surface area contributed by atoms with Crippen LogP contribution >= 0.6 is 11.8 Å². The molecule has 12 rings (SSSR count). The van der Waals surface area contributed by atoms with Crippen LogP contribution < -0.4 is 0 Å². The lowest BCUT2D eigenvalue weighted by atomic mass is 9.83. The molecule has 0 fully saturated rings. The Kier molecular flexibility index (Phi) is 9.19. The van der Waals surface area contributed by atoms with Crippen LogP contribution in [0.5, 0.6) is 0 Å². The van der Waals surface area contributed by atoms with Gasteiger partial charge in [-0.25, -0.2) is 19.9 Å². The molecule has 2 aromatic heterocycles. The van der Waals surface area contributed by atoms with Gasteiger partial charge >= 0.3 is 0 Å². The van der Waals surface area contributed by atoms with Crippen LogP contribution in [0, 0.1) is 0 Å². The third kappa shape index (κ3) is 6.84. The van der Waals surface area contributed by atoms with E-state index < -0.39 is 0 Å². The van der Waals surface area contributed by atoms with E-state index in [9.17, 15) is 0 Å². The molecular formula is C58H38N4S. The first-order chi connectivity index (χ1) is 31.2. The van der Waals surface area contributed by atoms with Crippen molar-refractivity contribution < 1.29 is 0 Å². The Morgan fingerprint density at radius 2 is 0.825 bits per heavy atom. The zero-order valence-corrected chi connectivity index (χ0v) is 35.0. The van der Waals surface area contributed by atoms with Gasteiger partial charge in [0.15, 0.2) is 17.5 Å². The number of thioether (sulfide) groups is 1. The molecule has 2 atom stereocenters. The Morgan fingerprint density at radius 1 is 0.365 bits per heavy atom. The van der Waals surface area contributed by atoms with Crippen molar-refractivity contribution in [2.24, 2.45) is 0 Å². The fourth-order valence-corrected chi connectivity index (χ4v) is 10.4. The number of pyridine rings is 1. The lowest BCUT2D eigenvalue weighted by Crippen LogP contribution is -2.09. The van der Waals surface area contributed by atoms with Gasteiger partial charge in [0.1, 0.15) is 0 Å². The van der Waals surface area contributed by atoms with E-state index in [1.165, 1.54) is 48.9 Å². The van der Waals surface area contributed by atoms with Crippen molar-refractivity contribution in [3.05, 3.63) is 230 Å². The molecule has 0 N–H and O–H groups in total. The largest absolute Gasteiger partial charge is 0.247 e. The maximum absolute atomic E-state index is 5.21. The van der Waals surface area contributed by atoms with Gasteiger partial charge in [0.2, 0.25) is 0 Å². The summed E-state index contributed by atoms with van der Waals surface area (Å²) in [5.41, 5.74) is 14.7. The van der Waals surface area contributed by atoms with Crippen LogP contribution in [-0.2, 0) is 0 Å². The molecule has 8 aromatic carbocycles. The van der Waals surface area contributed by atoms with Crippen molar-refractivity contribution in [1.82, 2.24) is 19.9 Å². The number of benzene rings is 8. The van der Waals surface area contributed by atoms with Crippen LogP contribution in [0.3, 0.4) is 0 Å². The summed E-state index contributed by atoms with van der Waals surface area (Å²) >= 11 is 1.98. The zero-order valence-electron chi connectivity index (χ0n) is 34.1. The van der Waals surface area contributed by atoms with Gasteiger partial charge in [-0.1, -0.05) is 206 Å². The summed E-state index contributed by atoms with van der Waals surface area (Å²) < 4.78 is 0. The van der Waals surface area contributed by atoms with E-state index in [0.717, 1.165) is 44.6 Å². The third-order valence-corrected chi connectivity index (χ3v) is 13.6. The molecule has 63 heavy (non-hydrogen) atoms. The normalized spacial score (nSPS) is 15.3. The lowest BCUT2D eigenvalue weighted by Gasteiger charge is -2.21. The van der Waals surface area contributed by atoms with Crippen LogP contribution in [0.25, 0.3) is 94.9 Å². The molecule has 0 saturated carbocycles. The van der Waals surface area contributed by atoms with Gasteiger partial charge < -0.3 is 0 Å². The molecule has 10 aromatic rings. The molecule has 296 valence electrons. The van der Waals surface area contributed by atoms with Gasteiger partial charge in [-0.3, -0.25) is 0 Å². The monoisotopic (exact) mass is 822 g/mol. The SMILES string of the molecule is C1=CC2Sc3ccc4c(-c5ccccc5)nc5ccccc5c4c3C2C=C1c1ccc(-c2ccc(-c3ccc(-c4nc(-c5ccccc5)nc(-c5ccccc5)n4)cc3)cc2)cc1. The molecule has 1 aliphatic heterocycles. The summed E-state index contributed by atoms with van der Waals surface area (Å²) in [6.45, 7) is 0. The predicted octanol–water partition coefficient (Wildman–Crippen LogP) is 14.8. The van der Waals surface area contributed by atoms with Crippen molar-refractivity contribution in [2.45, 2.75) is 16.1 Å². The number of rotatable bonds is 7. The first-order valence-electron chi connectivity index (χ1n) is 21.4. The van der Waals surface area contributed by atoms with Crippen LogP contribution in [0.2, 0.25) is 0 Å². The maximum atomic E-state index is 5.21. The highest BCUT2D eigenvalue weighted by Crippen LogP contribution is 2.54. The minimum atomic E-state index is 0.264. The number of hydrogen-bond acceptors (Lipinski definition) is 5.